The molecule has 0 amide bonds. The number of benzene rings is 8. The maximum absolute atomic E-state index is 8.26. The molecule has 8 aromatic carbocycles. The van der Waals surface area contributed by atoms with E-state index in [2.05, 4.69) is 132 Å². The van der Waals surface area contributed by atoms with Gasteiger partial charge in [0.25, 0.3) is 0 Å². The van der Waals surface area contributed by atoms with E-state index in [9.17, 15) is 0 Å². The number of aromatic nitrogens is 2. The van der Waals surface area contributed by atoms with Crippen molar-refractivity contribution < 1.29 is 4.11 Å². The molecule has 0 atom stereocenters. The van der Waals surface area contributed by atoms with E-state index in [1.165, 1.54) is 47.6 Å². The van der Waals surface area contributed by atoms with E-state index in [0.29, 0.717) is 5.52 Å². The quantitative estimate of drug-likeness (QED) is 0.174. The van der Waals surface area contributed by atoms with Crippen LogP contribution >= 0.6 is 11.3 Å². The molecule has 0 aliphatic rings. The predicted molar refractivity (Wildman–Crippen MR) is 210 cm³/mol. The van der Waals surface area contributed by atoms with Crippen molar-refractivity contribution in [3.63, 3.8) is 0 Å². The minimum atomic E-state index is -2.37. The highest BCUT2D eigenvalue weighted by Crippen LogP contribution is 2.48. The lowest BCUT2D eigenvalue weighted by atomic mass is 9.84. The summed E-state index contributed by atoms with van der Waals surface area (Å²) in [6.07, 6.45) is 0. The third kappa shape index (κ3) is 4.36. The van der Waals surface area contributed by atoms with Crippen LogP contribution in [0.5, 0.6) is 0 Å². The average Bonchev–Trinajstić information content (AvgIpc) is 3.77. The van der Waals surface area contributed by atoms with E-state index in [-0.39, 0.29) is 5.82 Å². The normalized spacial score (nSPS) is 12.9. The second-order valence-corrected chi connectivity index (χ2v) is 13.6. The second kappa shape index (κ2) is 11.0. The largest absolute Gasteiger partial charge is 0.297 e. The Labute approximate surface area is 292 Å². The molecule has 10 rings (SSSR count). The number of hydrogen-bond donors (Lipinski definition) is 0. The van der Waals surface area contributed by atoms with Gasteiger partial charge in [0.2, 0.25) is 0 Å². The Morgan fingerprint density at radius 2 is 1.18 bits per heavy atom. The van der Waals surface area contributed by atoms with Crippen molar-refractivity contribution in [2.45, 2.75) is 6.85 Å². The van der Waals surface area contributed by atoms with Crippen molar-refractivity contribution in [1.29, 1.82) is 0 Å². The molecule has 2 aromatic heterocycles. The van der Waals surface area contributed by atoms with Crippen LogP contribution in [0.3, 0.4) is 0 Å². The zero-order chi connectivity index (χ0) is 35.0. The van der Waals surface area contributed by atoms with Crippen LogP contribution < -0.4 is 0 Å². The molecule has 2 nitrogen and oxygen atoms in total. The summed E-state index contributed by atoms with van der Waals surface area (Å²) in [5, 5.41) is 7.26. The van der Waals surface area contributed by atoms with Gasteiger partial charge in [-0.05, 0) is 104 Å². The molecule has 0 aliphatic carbocycles. The first-order chi connectivity index (χ1) is 25.4. The summed E-state index contributed by atoms with van der Waals surface area (Å²) in [7, 11) is 0. The molecule has 0 fully saturated rings. The smallest absolute Gasteiger partial charge is 0.111 e. The van der Waals surface area contributed by atoms with Gasteiger partial charge in [-0.2, -0.15) is 0 Å². The van der Waals surface area contributed by atoms with E-state index < -0.39 is 6.85 Å². The maximum Gasteiger partial charge on any atom is 0.111 e. The van der Waals surface area contributed by atoms with E-state index in [1.54, 1.807) is 4.57 Å². The summed E-state index contributed by atoms with van der Waals surface area (Å²) in [4.78, 5) is 4.53. The first-order valence-electron chi connectivity index (χ1n) is 18.0. The van der Waals surface area contributed by atoms with Gasteiger partial charge in [-0.15, -0.1) is 11.3 Å². The molecule has 10 aromatic rings. The molecule has 0 spiro atoms. The highest BCUT2D eigenvalue weighted by atomic mass is 32.1. The van der Waals surface area contributed by atoms with Crippen molar-refractivity contribution in [2.24, 2.45) is 0 Å². The molecule has 0 unspecified atom stereocenters. The lowest BCUT2D eigenvalue weighted by Gasteiger charge is -2.19. The third-order valence-corrected chi connectivity index (χ3v) is 10.9. The number of aryl methyl sites for hydroxylation is 1. The number of para-hydroxylation sites is 2. The minimum Gasteiger partial charge on any atom is -0.297 e. The van der Waals surface area contributed by atoms with Crippen LogP contribution in [0.25, 0.3) is 91.8 Å². The molecule has 230 valence electrons. The molecular formula is C46H30N2S. The molecular weight excluding hydrogens is 613 g/mol. The zero-order valence-corrected chi connectivity index (χ0v) is 27.2. The standard InChI is InChI=1S/C46H30N2S/c1-29-47-40-18-8-9-19-41(40)48(29)33-25-22-31(23-26-33)44-34-14-5-6-15-35(34)45(39-28-32(24-27-36(39)44)30-12-3-2-4-13-30)38-17-11-21-43-46(38)37-16-7-10-20-42(37)49-43/h2-28H,1H3/i1D3. The second-order valence-electron chi connectivity index (χ2n) is 12.5. The van der Waals surface area contributed by atoms with E-state index in [0.717, 1.165) is 38.7 Å². The Kier molecular flexibility index (Phi) is 5.63. The Hall–Kier alpha value is -6.03. The highest BCUT2D eigenvalue weighted by molar-refractivity contribution is 7.25. The number of thiophene rings is 1. The van der Waals surface area contributed by atoms with Crippen molar-refractivity contribution in [1.82, 2.24) is 9.55 Å². The van der Waals surface area contributed by atoms with Crippen molar-refractivity contribution >= 4 is 64.1 Å². The van der Waals surface area contributed by atoms with Crippen LogP contribution in [0.4, 0.5) is 0 Å². The number of imidazole rings is 1. The Morgan fingerprint density at radius 1 is 0.510 bits per heavy atom. The lowest BCUT2D eigenvalue weighted by Crippen LogP contribution is -1.97. The number of nitrogens with zero attached hydrogens (tertiary/aromatic N) is 2. The zero-order valence-electron chi connectivity index (χ0n) is 29.4. The average molecular weight is 646 g/mol. The molecule has 0 radical (unpaired) electrons. The monoisotopic (exact) mass is 645 g/mol. The molecule has 0 aliphatic heterocycles. The van der Waals surface area contributed by atoms with Crippen molar-refractivity contribution in [3.05, 3.63) is 170 Å². The lowest BCUT2D eigenvalue weighted by molar-refractivity contribution is 1.00. The molecule has 49 heavy (non-hydrogen) atoms. The van der Waals surface area contributed by atoms with Gasteiger partial charge in [-0.3, -0.25) is 4.57 Å². The number of hydrogen-bond acceptors (Lipinski definition) is 2. The van der Waals surface area contributed by atoms with Gasteiger partial charge in [0.05, 0.1) is 11.0 Å². The van der Waals surface area contributed by atoms with Crippen LogP contribution in [0.2, 0.25) is 0 Å². The Morgan fingerprint density at radius 3 is 2.02 bits per heavy atom. The van der Waals surface area contributed by atoms with Crippen LogP contribution in [-0.4, -0.2) is 9.55 Å². The van der Waals surface area contributed by atoms with Gasteiger partial charge in [0.1, 0.15) is 5.82 Å². The first-order valence-corrected chi connectivity index (χ1v) is 17.3. The highest BCUT2D eigenvalue weighted by Gasteiger charge is 2.20. The summed E-state index contributed by atoms with van der Waals surface area (Å²) in [6.45, 7) is -2.37. The first kappa shape index (κ1) is 25.0. The molecule has 0 saturated carbocycles. The minimum absolute atomic E-state index is 0.0604. The Bertz CT molecular complexity index is 2990. The maximum atomic E-state index is 8.26. The third-order valence-electron chi connectivity index (χ3n) is 9.78. The van der Waals surface area contributed by atoms with Gasteiger partial charge in [-0.25, -0.2) is 4.98 Å². The van der Waals surface area contributed by atoms with Gasteiger partial charge < -0.3 is 0 Å². The SMILES string of the molecule is [2H]C([2H])([2H])c1nc2ccccc2n1-c1ccc(-c2c3ccccc3c(-c3cccc4sc5ccccc5c34)c3cc(-c4ccccc4)ccc23)cc1. The van der Waals surface area contributed by atoms with Crippen LogP contribution in [0.1, 0.15) is 9.94 Å². The van der Waals surface area contributed by atoms with E-state index >= 15 is 0 Å². The predicted octanol–water partition coefficient (Wildman–Crippen LogP) is 13.0. The molecule has 0 saturated heterocycles. The van der Waals surface area contributed by atoms with Gasteiger partial charge >= 0.3 is 0 Å². The molecule has 3 heteroatoms. The fourth-order valence-corrected chi connectivity index (χ4v) is 8.77. The van der Waals surface area contributed by atoms with Crippen LogP contribution in [0.15, 0.2) is 164 Å². The molecule has 0 bridgehead atoms. The number of rotatable bonds is 4. The topological polar surface area (TPSA) is 17.8 Å². The van der Waals surface area contributed by atoms with E-state index in [4.69, 9.17) is 4.11 Å². The van der Waals surface area contributed by atoms with Crippen molar-refractivity contribution in [3.8, 4) is 39.1 Å². The van der Waals surface area contributed by atoms with E-state index in [1.807, 2.05) is 47.7 Å². The fourth-order valence-electron chi connectivity index (χ4n) is 7.64. The summed E-state index contributed by atoms with van der Waals surface area (Å²) < 4.78 is 29.1. The van der Waals surface area contributed by atoms with Gasteiger partial charge in [0, 0.05) is 30.0 Å². The van der Waals surface area contributed by atoms with Crippen LogP contribution in [-0.2, 0) is 0 Å². The van der Waals surface area contributed by atoms with Crippen LogP contribution in [0, 0.1) is 6.85 Å². The van der Waals surface area contributed by atoms with Gasteiger partial charge in [0.15, 0.2) is 0 Å². The summed E-state index contributed by atoms with van der Waals surface area (Å²) in [6, 6.07) is 57.5. The van der Waals surface area contributed by atoms with Gasteiger partial charge in [-0.1, -0.05) is 121 Å². The molecule has 2 heterocycles. The molecule has 0 N–H and O–H groups in total. The summed E-state index contributed by atoms with van der Waals surface area (Å²) in [5.41, 5.74) is 9.19. The number of fused-ring (bicyclic) bond motifs is 6. The van der Waals surface area contributed by atoms with Crippen molar-refractivity contribution in [2.75, 3.05) is 0 Å². The summed E-state index contributed by atoms with van der Waals surface area (Å²) in [5.74, 6) is 0.0604. The summed E-state index contributed by atoms with van der Waals surface area (Å²) >= 11 is 1.84. The fraction of sp³-hybridized carbons (Fsp3) is 0.0217. The Balaban J connectivity index is 1.27.